The first-order valence-corrected chi connectivity index (χ1v) is 18.2. The lowest BCUT2D eigenvalue weighted by Crippen LogP contribution is -2.35. The zero-order chi connectivity index (χ0) is 30.7. The molecule has 240 valence electrons. The third kappa shape index (κ3) is 10.9. The molecule has 0 radical (unpaired) electrons. The largest absolute Gasteiger partial charge is 0.439 e. The monoisotopic (exact) mass is 599 g/mol. The van der Waals surface area contributed by atoms with E-state index >= 15 is 0 Å². The van der Waals surface area contributed by atoms with Gasteiger partial charge < -0.3 is 14.1 Å². The Morgan fingerprint density at radius 1 is 0.636 bits per heavy atom. The summed E-state index contributed by atoms with van der Waals surface area (Å²) in [6.45, 7) is 6.49. The van der Waals surface area contributed by atoms with E-state index in [0.717, 1.165) is 48.1 Å². The highest BCUT2D eigenvalue weighted by Crippen LogP contribution is 2.38. The Labute approximate surface area is 268 Å². The number of ether oxygens (including phenoxy) is 1. The number of fused-ring (bicyclic) bond motifs is 2. The Balaban J connectivity index is 1.19. The summed E-state index contributed by atoms with van der Waals surface area (Å²) < 4.78 is 14.8. The SMILES string of the molecule is CCCCCCCCCCCCCCCCCCN1C(=CC=Cc2oc3ccccc3[n+]2CCCCC)Oc2ccccc21. The molecule has 4 nitrogen and oxygen atoms in total. The lowest BCUT2D eigenvalue weighted by molar-refractivity contribution is -0.678. The van der Waals surface area contributed by atoms with Crippen LogP contribution in [0.15, 0.2) is 71.0 Å². The van der Waals surface area contributed by atoms with E-state index < -0.39 is 0 Å². The molecule has 0 aliphatic carbocycles. The average Bonchev–Trinajstić information content (AvgIpc) is 3.58. The molecular weight excluding hydrogens is 540 g/mol. The standard InChI is InChI=1S/C40H59N2O2/c1-3-5-7-8-9-10-11-12-13-14-15-16-17-18-19-25-34-42-36-28-21-23-30-38(36)44-40(42)32-26-31-39-41(33-24-6-4-2)35-27-20-22-29-37(35)43-39/h20-23,26-32H,3-19,24-25,33-34H2,1-2H3/q+1. The van der Waals surface area contributed by atoms with Gasteiger partial charge in [0, 0.05) is 19.0 Å². The fourth-order valence-electron chi connectivity index (χ4n) is 6.37. The molecule has 44 heavy (non-hydrogen) atoms. The minimum absolute atomic E-state index is 0.888. The summed E-state index contributed by atoms with van der Waals surface area (Å²) in [5.41, 5.74) is 3.27. The highest BCUT2D eigenvalue weighted by molar-refractivity contribution is 5.70. The number of nitrogens with zero attached hydrogens (tertiary/aromatic N) is 2. The number of unbranched alkanes of at least 4 members (excludes halogenated alkanes) is 17. The Morgan fingerprint density at radius 2 is 1.20 bits per heavy atom. The van der Waals surface area contributed by atoms with Gasteiger partial charge in [0.2, 0.25) is 11.5 Å². The van der Waals surface area contributed by atoms with E-state index in [0.29, 0.717) is 0 Å². The van der Waals surface area contributed by atoms with Crippen molar-refractivity contribution in [3.8, 4) is 5.75 Å². The van der Waals surface area contributed by atoms with Crippen LogP contribution in [0.3, 0.4) is 0 Å². The third-order valence-corrected chi connectivity index (χ3v) is 8.97. The van der Waals surface area contributed by atoms with Gasteiger partial charge in [-0.05, 0) is 43.2 Å². The van der Waals surface area contributed by atoms with Crippen molar-refractivity contribution in [3.05, 3.63) is 72.5 Å². The van der Waals surface area contributed by atoms with E-state index in [1.165, 1.54) is 121 Å². The Hall–Kier alpha value is -3.01. The molecule has 2 heterocycles. The molecule has 0 fully saturated rings. The van der Waals surface area contributed by atoms with Gasteiger partial charge in [0.05, 0.1) is 11.8 Å². The minimum Gasteiger partial charge on any atom is -0.439 e. The van der Waals surface area contributed by atoms with Gasteiger partial charge in [-0.25, -0.2) is 0 Å². The molecular formula is C40H59N2O2+. The van der Waals surface area contributed by atoms with Crippen molar-refractivity contribution < 1.29 is 13.7 Å². The molecule has 0 saturated carbocycles. The van der Waals surface area contributed by atoms with Crippen molar-refractivity contribution in [2.75, 3.05) is 11.4 Å². The zero-order valence-corrected chi connectivity index (χ0v) is 27.9. The number of benzene rings is 2. The summed E-state index contributed by atoms with van der Waals surface area (Å²) in [5, 5.41) is 0. The zero-order valence-electron chi connectivity index (χ0n) is 27.9. The van der Waals surface area contributed by atoms with Crippen molar-refractivity contribution in [3.63, 3.8) is 0 Å². The lowest BCUT2D eigenvalue weighted by atomic mass is 10.0. The van der Waals surface area contributed by atoms with Crippen molar-refractivity contribution in [1.82, 2.24) is 0 Å². The highest BCUT2D eigenvalue weighted by Gasteiger charge is 2.25. The first-order chi connectivity index (χ1) is 21.8. The summed E-state index contributed by atoms with van der Waals surface area (Å²) in [4.78, 5) is 2.34. The fraction of sp³-hybridized carbons (Fsp3) is 0.575. The second-order valence-electron chi connectivity index (χ2n) is 12.7. The summed E-state index contributed by atoms with van der Waals surface area (Å²) in [7, 11) is 0. The van der Waals surface area contributed by atoms with Crippen LogP contribution in [0.25, 0.3) is 17.2 Å². The maximum Gasteiger partial charge on any atom is 0.374 e. The van der Waals surface area contributed by atoms with Gasteiger partial charge in [-0.1, -0.05) is 141 Å². The number of rotatable bonds is 23. The van der Waals surface area contributed by atoms with Crippen LogP contribution in [0.1, 0.15) is 142 Å². The Bertz CT molecular complexity index is 1270. The van der Waals surface area contributed by atoms with Crippen LogP contribution in [0.5, 0.6) is 5.75 Å². The number of allylic oxidation sites excluding steroid dienone is 2. The lowest BCUT2D eigenvalue weighted by Gasteiger charge is -2.18. The molecule has 0 spiro atoms. The molecule has 0 amide bonds. The predicted molar refractivity (Wildman–Crippen MR) is 187 cm³/mol. The van der Waals surface area contributed by atoms with Gasteiger partial charge in [-0.3, -0.25) is 0 Å². The van der Waals surface area contributed by atoms with Gasteiger partial charge in [0.15, 0.2) is 12.3 Å². The number of aryl methyl sites for hydroxylation is 1. The summed E-state index contributed by atoms with van der Waals surface area (Å²) >= 11 is 0. The van der Waals surface area contributed by atoms with Crippen LogP contribution in [-0.4, -0.2) is 6.54 Å². The Kier molecular flexibility index (Phi) is 15.5. The molecule has 1 aliphatic heterocycles. The molecule has 1 aromatic heterocycles. The van der Waals surface area contributed by atoms with E-state index in [2.05, 4.69) is 84.0 Å². The van der Waals surface area contributed by atoms with E-state index in [9.17, 15) is 0 Å². The Morgan fingerprint density at radius 3 is 1.89 bits per heavy atom. The molecule has 2 aromatic carbocycles. The first-order valence-electron chi connectivity index (χ1n) is 18.2. The first kappa shape index (κ1) is 33.9. The smallest absolute Gasteiger partial charge is 0.374 e. The van der Waals surface area contributed by atoms with Crippen molar-refractivity contribution in [2.24, 2.45) is 0 Å². The normalized spacial score (nSPS) is 13.9. The van der Waals surface area contributed by atoms with Gasteiger partial charge in [-0.15, -0.1) is 0 Å². The number of hydrogen-bond donors (Lipinski definition) is 0. The van der Waals surface area contributed by atoms with Crippen LogP contribution in [0.2, 0.25) is 0 Å². The second-order valence-corrected chi connectivity index (χ2v) is 12.7. The van der Waals surface area contributed by atoms with Crippen molar-refractivity contribution >= 4 is 22.9 Å². The predicted octanol–water partition coefficient (Wildman–Crippen LogP) is 11.9. The van der Waals surface area contributed by atoms with Crippen LogP contribution >= 0.6 is 0 Å². The highest BCUT2D eigenvalue weighted by atomic mass is 16.5. The van der Waals surface area contributed by atoms with E-state index in [4.69, 9.17) is 9.15 Å². The molecule has 0 atom stereocenters. The summed E-state index contributed by atoms with van der Waals surface area (Å²) in [6, 6.07) is 16.7. The molecule has 0 N–H and O–H groups in total. The molecule has 4 rings (SSSR count). The fourth-order valence-corrected chi connectivity index (χ4v) is 6.37. The topological polar surface area (TPSA) is 29.5 Å². The molecule has 1 aliphatic rings. The summed E-state index contributed by atoms with van der Waals surface area (Å²) in [5.74, 6) is 2.73. The van der Waals surface area contributed by atoms with Crippen LogP contribution in [-0.2, 0) is 6.54 Å². The van der Waals surface area contributed by atoms with Crippen LogP contribution in [0.4, 0.5) is 5.69 Å². The van der Waals surface area contributed by atoms with Gasteiger partial charge in [-0.2, -0.15) is 4.57 Å². The molecule has 4 heteroatoms. The second kappa shape index (κ2) is 20.1. The molecule has 0 saturated heterocycles. The number of anilines is 1. The van der Waals surface area contributed by atoms with Crippen molar-refractivity contribution in [1.29, 1.82) is 0 Å². The van der Waals surface area contributed by atoms with Gasteiger partial charge in [0.1, 0.15) is 0 Å². The number of aromatic nitrogens is 1. The molecule has 3 aromatic rings. The number of oxazole rings is 1. The van der Waals surface area contributed by atoms with Gasteiger partial charge >= 0.3 is 5.89 Å². The van der Waals surface area contributed by atoms with Crippen molar-refractivity contribution in [2.45, 2.75) is 142 Å². The molecule has 0 bridgehead atoms. The van der Waals surface area contributed by atoms with Gasteiger partial charge in [0.25, 0.3) is 5.52 Å². The molecule has 0 unspecified atom stereocenters. The van der Waals surface area contributed by atoms with E-state index in [1.807, 2.05) is 6.07 Å². The average molecular weight is 600 g/mol. The number of para-hydroxylation sites is 4. The van der Waals surface area contributed by atoms with Crippen LogP contribution < -0.4 is 14.2 Å². The summed E-state index contributed by atoms with van der Waals surface area (Å²) in [6.07, 6.45) is 32.1. The third-order valence-electron chi connectivity index (χ3n) is 8.97. The van der Waals surface area contributed by atoms with E-state index in [1.54, 1.807) is 0 Å². The maximum absolute atomic E-state index is 6.30. The quantitative estimate of drug-likeness (QED) is 0.0802. The maximum atomic E-state index is 6.30. The minimum atomic E-state index is 0.888. The van der Waals surface area contributed by atoms with Crippen LogP contribution in [0, 0.1) is 0 Å². The number of hydrogen-bond acceptors (Lipinski definition) is 3. The van der Waals surface area contributed by atoms with E-state index in [-0.39, 0.29) is 0 Å².